The van der Waals surface area contributed by atoms with Crippen molar-refractivity contribution in [3.05, 3.63) is 32.6 Å². The van der Waals surface area contributed by atoms with Crippen LogP contribution in [0.4, 0.5) is 4.39 Å². The molecule has 1 N–H and O–H groups in total. The summed E-state index contributed by atoms with van der Waals surface area (Å²) in [4.78, 5) is 22.1. The Morgan fingerprint density at radius 2 is 1.69 bits per heavy atom. The molecule has 1 aromatic rings. The van der Waals surface area contributed by atoms with Crippen LogP contribution in [0.25, 0.3) is 0 Å². The maximum absolute atomic E-state index is 13.0. The smallest absolute Gasteiger partial charge is 0.259 e. The minimum absolute atomic E-state index is 0.114. The highest BCUT2D eigenvalue weighted by molar-refractivity contribution is 14.1. The zero-order valence-corrected chi connectivity index (χ0v) is 8.38. The summed E-state index contributed by atoms with van der Waals surface area (Å²) in [6.07, 6.45) is 0. The summed E-state index contributed by atoms with van der Waals surface area (Å²) >= 11 is 1.77. The predicted molar refractivity (Wildman–Crippen MR) is 50.9 cm³/mol. The van der Waals surface area contributed by atoms with Crippen LogP contribution in [0.1, 0.15) is 20.7 Å². The van der Waals surface area contributed by atoms with Gasteiger partial charge in [-0.15, -0.1) is 0 Å². The van der Waals surface area contributed by atoms with Gasteiger partial charge in [-0.25, -0.2) is 4.39 Å². The van der Waals surface area contributed by atoms with Crippen LogP contribution in [-0.2, 0) is 0 Å². The molecule has 13 heavy (non-hydrogen) atoms. The summed E-state index contributed by atoms with van der Waals surface area (Å²) < 4.78 is 13.3. The third-order valence-electron chi connectivity index (χ3n) is 1.78. The number of fused-ring (bicyclic) bond motifs is 1. The number of rotatable bonds is 0. The molecular formula is C8H3FINO2. The fourth-order valence-electron chi connectivity index (χ4n) is 1.16. The SMILES string of the molecule is O=C1NC(=O)c2cc(I)c(F)cc21. The van der Waals surface area contributed by atoms with Crippen molar-refractivity contribution in [2.45, 2.75) is 0 Å². The van der Waals surface area contributed by atoms with Gasteiger partial charge < -0.3 is 0 Å². The third-order valence-corrected chi connectivity index (χ3v) is 2.60. The Morgan fingerprint density at radius 3 is 2.31 bits per heavy atom. The van der Waals surface area contributed by atoms with Crippen LogP contribution >= 0.6 is 22.6 Å². The van der Waals surface area contributed by atoms with Gasteiger partial charge in [-0.05, 0) is 34.7 Å². The number of benzene rings is 1. The molecule has 0 saturated heterocycles. The number of amides is 2. The summed E-state index contributed by atoms with van der Waals surface area (Å²) in [5.41, 5.74) is 0.360. The lowest BCUT2D eigenvalue weighted by molar-refractivity contribution is 0.0879. The molecule has 0 aromatic heterocycles. The van der Waals surface area contributed by atoms with Gasteiger partial charge >= 0.3 is 0 Å². The van der Waals surface area contributed by atoms with E-state index >= 15 is 0 Å². The molecule has 2 amide bonds. The molecule has 0 radical (unpaired) electrons. The Labute approximate surface area is 86.5 Å². The zero-order chi connectivity index (χ0) is 9.59. The molecule has 0 spiro atoms. The maximum atomic E-state index is 13.0. The number of imide groups is 1. The third kappa shape index (κ3) is 1.23. The van der Waals surface area contributed by atoms with Crippen LogP contribution < -0.4 is 5.32 Å². The van der Waals surface area contributed by atoms with E-state index in [0.717, 1.165) is 6.07 Å². The molecule has 0 aliphatic carbocycles. The minimum atomic E-state index is -0.532. The molecule has 0 unspecified atom stereocenters. The van der Waals surface area contributed by atoms with Gasteiger partial charge in [0.15, 0.2) is 0 Å². The van der Waals surface area contributed by atoms with E-state index in [1.165, 1.54) is 6.07 Å². The van der Waals surface area contributed by atoms with Crippen molar-refractivity contribution >= 4 is 34.4 Å². The van der Waals surface area contributed by atoms with Crippen LogP contribution in [-0.4, -0.2) is 11.8 Å². The molecule has 0 fully saturated rings. The van der Waals surface area contributed by atoms with Crippen molar-refractivity contribution in [2.75, 3.05) is 0 Å². The van der Waals surface area contributed by atoms with Crippen molar-refractivity contribution < 1.29 is 14.0 Å². The van der Waals surface area contributed by atoms with Gasteiger partial charge in [0.2, 0.25) is 0 Å². The van der Waals surface area contributed by atoms with Crippen molar-refractivity contribution in [1.29, 1.82) is 0 Å². The molecule has 66 valence electrons. The summed E-state index contributed by atoms with van der Waals surface area (Å²) in [6, 6.07) is 2.45. The van der Waals surface area contributed by atoms with E-state index in [-0.39, 0.29) is 11.1 Å². The molecule has 5 heteroatoms. The monoisotopic (exact) mass is 291 g/mol. The second-order valence-corrected chi connectivity index (χ2v) is 3.76. The Balaban J connectivity index is 2.72. The summed E-state index contributed by atoms with van der Waals surface area (Å²) in [6.45, 7) is 0. The Hall–Kier alpha value is -0.980. The van der Waals surface area contributed by atoms with Gasteiger partial charge in [0, 0.05) is 3.57 Å². The average Bonchev–Trinajstić information content (AvgIpc) is 2.31. The van der Waals surface area contributed by atoms with Crippen LogP contribution in [0.5, 0.6) is 0 Å². The van der Waals surface area contributed by atoms with Crippen LogP contribution in [0.2, 0.25) is 0 Å². The van der Waals surface area contributed by atoms with Crippen molar-refractivity contribution in [3.8, 4) is 0 Å². The van der Waals surface area contributed by atoms with E-state index in [0.29, 0.717) is 3.57 Å². The second kappa shape index (κ2) is 2.76. The molecular weight excluding hydrogens is 288 g/mol. The Bertz CT molecular complexity index is 391. The number of hydrogen-bond donors (Lipinski definition) is 1. The lowest BCUT2D eigenvalue weighted by Gasteiger charge is -1.96. The number of nitrogens with one attached hydrogen (secondary N) is 1. The predicted octanol–water partition coefficient (Wildman–Crippen LogP) is 1.31. The van der Waals surface area contributed by atoms with Gasteiger partial charge in [0.1, 0.15) is 5.82 Å². The summed E-state index contributed by atoms with van der Waals surface area (Å²) in [5.74, 6) is -1.47. The van der Waals surface area contributed by atoms with Gasteiger partial charge in [-0.3, -0.25) is 14.9 Å². The molecule has 0 bridgehead atoms. The number of halogens is 2. The molecule has 1 aromatic carbocycles. The highest BCUT2D eigenvalue weighted by Crippen LogP contribution is 2.21. The summed E-state index contributed by atoms with van der Waals surface area (Å²) in [7, 11) is 0. The van der Waals surface area contributed by atoms with E-state index in [1.807, 2.05) is 0 Å². The molecule has 0 saturated carbocycles. The Morgan fingerprint density at radius 1 is 1.15 bits per heavy atom. The highest BCUT2D eigenvalue weighted by Gasteiger charge is 2.27. The molecule has 1 aliphatic heterocycles. The first-order valence-electron chi connectivity index (χ1n) is 3.44. The van der Waals surface area contributed by atoms with Gasteiger partial charge in [0.05, 0.1) is 11.1 Å². The fraction of sp³-hybridized carbons (Fsp3) is 0. The summed E-state index contributed by atoms with van der Waals surface area (Å²) in [5, 5.41) is 2.09. The second-order valence-electron chi connectivity index (χ2n) is 2.60. The minimum Gasteiger partial charge on any atom is -0.288 e. The molecule has 0 atom stereocenters. The van der Waals surface area contributed by atoms with Crippen molar-refractivity contribution in [1.82, 2.24) is 5.32 Å². The molecule has 1 heterocycles. The van der Waals surface area contributed by atoms with Crippen LogP contribution in [0.15, 0.2) is 12.1 Å². The van der Waals surface area contributed by atoms with Crippen molar-refractivity contribution in [3.63, 3.8) is 0 Å². The first kappa shape index (κ1) is 8.61. The largest absolute Gasteiger partial charge is 0.288 e. The number of carbonyl (C=O) groups is 2. The standard InChI is InChI=1S/C8H3FINO2/c9-5-1-3-4(2-6(5)10)8(13)11-7(3)12/h1-2H,(H,11,12,13). The topological polar surface area (TPSA) is 46.2 Å². The molecule has 2 rings (SSSR count). The van der Waals surface area contributed by atoms with Crippen LogP contribution in [0, 0.1) is 9.39 Å². The zero-order valence-electron chi connectivity index (χ0n) is 6.23. The van der Waals surface area contributed by atoms with E-state index in [2.05, 4.69) is 5.32 Å². The van der Waals surface area contributed by atoms with Crippen LogP contribution in [0.3, 0.4) is 0 Å². The van der Waals surface area contributed by atoms with E-state index in [9.17, 15) is 14.0 Å². The quantitative estimate of drug-likeness (QED) is 0.579. The van der Waals surface area contributed by atoms with Gasteiger partial charge in [0.25, 0.3) is 11.8 Å². The average molecular weight is 291 g/mol. The molecule has 3 nitrogen and oxygen atoms in total. The highest BCUT2D eigenvalue weighted by atomic mass is 127. The van der Waals surface area contributed by atoms with E-state index < -0.39 is 17.6 Å². The van der Waals surface area contributed by atoms with Gasteiger partial charge in [-0.2, -0.15) is 0 Å². The molecule has 1 aliphatic rings. The first-order valence-corrected chi connectivity index (χ1v) is 4.52. The fourth-order valence-corrected chi connectivity index (χ4v) is 1.63. The lowest BCUT2D eigenvalue weighted by atomic mass is 10.1. The number of hydrogen-bond acceptors (Lipinski definition) is 2. The normalized spacial score (nSPS) is 14.3. The maximum Gasteiger partial charge on any atom is 0.259 e. The lowest BCUT2D eigenvalue weighted by Crippen LogP contribution is -2.19. The number of carbonyl (C=O) groups excluding carboxylic acids is 2. The Kier molecular flexibility index (Phi) is 1.83. The first-order chi connectivity index (χ1) is 6.09. The van der Waals surface area contributed by atoms with Crippen molar-refractivity contribution in [2.24, 2.45) is 0 Å². The van der Waals surface area contributed by atoms with Gasteiger partial charge in [-0.1, -0.05) is 0 Å². The van der Waals surface area contributed by atoms with E-state index in [4.69, 9.17) is 0 Å². The van der Waals surface area contributed by atoms with E-state index in [1.54, 1.807) is 22.6 Å².